The van der Waals surface area contributed by atoms with E-state index in [2.05, 4.69) is 28.3 Å². The molecule has 0 saturated heterocycles. The number of benzene rings is 1. The highest BCUT2D eigenvalue weighted by Gasteiger charge is 2.16. The van der Waals surface area contributed by atoms with Crippen molar-refractivity contribution in [3.05, 3.63) is 47.4 Å². The lowest BCUT2D eigenvalue weighted by Crippen LogP contribution is -2.20. The Morgan fingerprint density at radius 2 is 1.95 bits per heavy atom. The number of nitrogens with zero attached hydrogens (tertiary/aromatic N) is 2. The maximum absolute atomic E-state index is 5.47. The summed E-state index contributed by atoms with van der Waals surface area (Å²) < 4.78 is 10.6. The Kier molecular flexibility index (Phi) is 5.11. The van der Waals surface area contributed by atoms with Gasteiger partial charge in [0.15, 0.2) is 0 Å². The van der Waals surface area contributed by atoms with Gasteiger partial charge in [0.2, 0.25) is 5.88 Å². The lowest BCUT2D eigenvalue weighted by atomic mass is 9.99. The Bertz CT molecular complexity index is 602. The molecule has 0 aliphatic heterocycles. The summed E-state index contributed by atoms with van der Waals surface area (Å²) in [5, 5.41) is 3.33. The molecule has 0 aliphatic rings. The molecule has 1 unspecified atom stereocenters. The van der Waals surface area contributed by atoms with Crippen LogP contribution in [0.15, 0.2) is 30.6 Å². The number of methoxy groups -OCH3 is 2. The highest BCUT2D eigenvalue weighted by molar-refractivity contribution is 5.39. The third kappa shape index (κ3) is 3.70. The molecular formula is C16H21N3O2. The quantitative estimate of drug-likeness (QED) is 0.883. The average Bonchev–Trinajstić information content (AvgIpc) is 2.52. The van der Waals surface area contributed by atoms with E-state index in [1.807, 2.05) is 25.2 Å². The largest absolute Gasteiger partial charge is 0.496 e. The molecule has 0 saturated carbocycles. The molecule has 1 aromatic heterocycles. The van der Waals surface area contributed by atoms with Crippen LogP contribution in [-0.2, 0) is 6.42 Å². The van der Waals surface area contributed by atoms with Gasteiger partial charge in [-0.15, -0.1) is 0 Å². The lowest BCUT2D eigenvalue weighted by Gasteiger charge is -2.19. The minimum absolute atomic E-state index is 0.111. The Labute approximate surface area is 125 Å². The minimum Gasteiger partial charge on any atom is -0.496 e. The van der Waals surface area contributed by atoms with Crippen LogP contribution < -0.4 is 14.8 Å². The third-order valence-electron chi connectivity index (χ3n) is 3.43. The molecule has 21 heavy (non-hydrogen) atoms. The number of aryl methyl sites for hydroxylation is 1. The molecule has 1 aromatic carbocycles. The maximum Gasteiger partial charge on any atom is 0.216 e. The molecule has 0 aliphatic carbocycles. The summed E-state index contributed by atoms with van der Waals surface area (Å²) in [6.45, 7) is 2.07. The van der Waals surface area contributed by atoms with Crippen molar-refractivity contribution in [2.45, 2.75) is 19.4 Å². The highest BCUT2D eigenvalue weighted by Crippen LogP contribution is 2.28. The first-order chi connectivity index (χ1) is 10.2. The van der Waals surface area contributed by atoms with Crippen LogP contribution in [0.2, 0.25) is 0 Å². The van der Waals surface area contributed by atoms with Gasteiger partial charge in [-0.3, -0.25) is 0 Å². The predicted molar refractivity (Wildman–Crippen MR) is 81.8 cm³/mol. The Hall–Kier alpha value is -2.14. The van der Waals surface area contributed by atoms with E-state index in [9.17, 15) is 0 Å². The van der Waals surface area contributed by atoms with Crippen LogP contribution >= 0.6 is 0 Å². The first-order valence-corrected chi connectivity index (χ1v) is 6.84. The van der Waals surface area contributed by atoms with Crippen molar-refractivity contribution in [3.8, 4) is 11.6 Å². The first-order valence-electron chi connectivity index (χ1n) is 6.84. The van der Waals surface area contributed by atoms with E-state index in [1.54, 1.807) is 14.2 Å². The zero-order chi connectivity index (χ0) is 15.2. The van der Waals surface area contributed by atoms with Crippen molar-refractivity contribution in [3.63, 3.8) is 0 Å². The van der Waals surface area contributed by atoms with Crippen molar-refractivity contribution in [1.82, 2.24) is 15.3 Å². The normalized spacial score (nSPS) is 12.0. The second-order valence-electron chi connectivity index (χ2n) is 4.84. The van der Waals surface area contributed by atoms with Crippen molar-refractivity contribution in [1.29, 1.82) is 0 Å². The summed E-state index contributed by atoms with van der Waals surface area (Å²) in [6, 6.07) is 8.14. The smallest absolute Gasteiger partial charge is 0.216 e. The molecule has 0 amide bonds. The van der Waals surface area contributed by atoms with Crippen molar-refractivity contribution < 1.29 is 9.47 Å². The zero-order valence-electron chi connectivity index (χ0n) is 12.9. The minimum atomic E-state index is 0.111. The SMILES string of the molecule is CNC(Cc1cc(OC)ncn1)c1cc(C)ccc1OC. The van der Waals surface area contributed by atoms with E-state index in [-0.39, 0.29) is 6.04 Å². The van der Waals surface area contributed by atoms with Gasteiger partial charge in [-0.2, -0.15) is 0 Å². The van der Waals surface area contributed by atoms with Crippen LogP contribution in [-0.4, -0.2) is 31.2 Å². The summed E-state index contributed by atoms with van der Waals surface area (Å²) in [5.74, 6) is 1.45. The van der Waals surface area contributed by atoms with E-state index in [4.69, 9.17) is 9.47 Å². The van der Waals surface area contributed by atoms with Gasteiger partial charge >= 0.3 is 0 Å². The van der Waals surface area contributed by atoms with Crippen LogP contribution in [0.1, 0.15) is 22.9 Å². The van der Waals surface area contributed by atoms with Crippen molar-refractivity contribution >= 4 is 0 Å². The monoisotopic (exact) mass is 287 g/mol. The van der Waals surface area contributed by atoms with Crippen molar-refractivity contribution in [2.75, 3.05) is 21.3 Å². The van der Waals surface area contributed by atoms with E-state index in [0.29, 0.717) is 5.88 Å². The number of likely N-dealkylation sites (N-methyl/N-ethyl adjacent to an activating group) is 1. The molecule has 5 nitrogen and oxygen atoms in total. The van der Waals surface area contributed by atoms with Gasteiger partial charge < -0.3 is 14.8 Å². The Morgan fingerprint density at radius 3 is 2.62 bits per heavy atom. The summed E-state index contributed by atoms with van der Waals surface area (Å²) in [5.41, 5.74) is 3.24. The molecule has 0 fully saturated rings. The number of rotatable bonds is 6. The second kappa shape index (κ2) is 7.04. The summed E-state index contributed by atoms with van der Waals surface area (Å²) in [4.78, 5) is 8.34. The van der Waals surface area contributed by atoms with Crippen LogP contribution in [0.25, 0.3) is 0 Å². The number of hydrogen-bond acceptors (Lipinski definition) is 5. The first kappa shape index (κ1) is 15.3. The second-order valence-corrected chi connectivity index (χ2v) is 4.84. The molecule has 0 bridgehead atoms. The lowest BCUT2D eigenvalue weighted by molar-refractivity contribution is 0.393. The van der Waals surface area contributed by atoms with Gasteiger partial charge in [-0.05, 0) is 20.0 Å². The summed E-state index contributed by atoms with van der Waals surface area (Å²) >= 11 is 0. The van der Waals surface area contributed by atoms with Gasteiger partial charge in [-0.25, -0.2) is 9.97 Å². The fourth-order valence-corrected chi connectivity index (χ4v) is 2.30. The molecule has 1 N–H and O–H groups in total. The van der Waals surface area contributed by atoms with Gasteiger partial charge in [0, 0.05) is 29.8 Å². The Balaban J connectivity index is 2.29. The van der Waals surface area contributed by atoms with Crippen LogP contribution in [0, 0.1) is 6.92 Å². The molecule has 2 aromatic rings. The molecule has 1 heterocycles. The zero-order valence-corrected chi connectivity index (χ0v) is 12.9. The molecule has 5 heteroatoms. The fourth-order valence-electron chi connectivity index (χ4n) is 2.30. The molecule has 2 rings (SSSR count). The summed E-state index contributed by atoms with van der Waals surface area (Å²) in [7, 11) is 5.23. The average molecular weight is 287 g/mol. The Morgan fingerprint density at radius 1 is 1.14 bits per heavy atom. The number of ether oxygens (including phenoxy) is 2. The topological polar surface area (TPSA) is 56.3 Å². The van der Waals surface area contributed by atoms with E-state index in [0.717, 1.165) is 23.4 Å². The van der Waals surface area contributed by atoms with E-state index < -0.39 is 0 Å². The maximum atomic E-state index is 5.47. The third-order valence-corrected chi connectivity index (χ3v) is 3.43. The van der Waals surface area contributed by atoms with Gasteiger partial charge in [0.05, 0.1) is 14.2 Å². The van der Waals surface area contributed by atoms with E-state index >= 15 is 0 Å². The number of nitrogens with one attached hydrogen (secondary N) is 1. The van der Waals surface area contributed by atoms with Crippen molar-refractivity contribution in [2.24, 2.45) is 0 Å². The van der Waals surface area contributed by atoms with Gasteiger partial charge in [-0.1, -0.05) is 17.7 Å². The number of aromatic nitrogens is 2. The number of hydrogen-bond donors (Lipinski definition) is 1. The summed E-state index contributed by atoms with van der Waals surface area (Å²) in [6.07, 6.45) is 2.25. The molecule has 112 valence electrons. The highest BCUT2D eigenvalue weighted by atomic mass is 16.5. The van der Waals surface area contributed by atoms with Gasteiger partial charge in [0.25, 0.3) is 0 Å². The van der Waals surface area contributed by atoms with Crippen LogP contribution in [0.4, 0.5) is 0 Å². The molecule has 0 spiro atoms. The standard InChI is InChI=1S/C16H21N3O2/c1-11-5-6-15(20-3)13(7-11)14(17-2)8-12-9-16(21-4)19-10-18-12/h5-7,9-10,14,17H,8H2,1-4H3. The molecule has 1 atom stereocenters. The van der Waals surface area contributed by atoms with Crippen LogP contribution in [0.3, 0.4) is 0 Å². The molecule has 0 radical (unpaired) electrons. The van der Waals surface area contributed by atoms with Crippen LogP contribution in [0.5, 0.6) is 11.6 Å². The van der Waals surface area contributed by atoms with E-state index in [1.165, 1.54) is 11.9 Å². The fraction of sp³-hybridized carbons (Fsp3) is 0.375. The van der Waals surface area contributed by atoms with Gasteiger partial charge in [0.1, 0.15) is 12.1 Å². The molecular weight excluding hydrogens is 266 g/mol. The predicted octanol–water partition coefficient (Wildman–Crippen LogP) is 2.31.